The number of hydrogen-bond acceptors (Lipinski definition) is 3. The highest BCUT2D eigenvalue weighted by molar-refractivity contribution is 7.09. The molecular formula is C12H17NOS. The monoisotopic (exact) mass is 223 g/mol. The second-order valence-electron chi connectivity index (χ2n) is 3.35. The first-order chi connectivity index (χ1) is 7.33. The third-order valence-corrected chi connectivity index (χ3v) is 2.93. The maximum absolute atomic E-state index is 5.64. The van der Waals surface area contributed by atoms with E-state index in [-0.39, 0.29) is 6.10 Å². The zero-order valence-electron chi connectivity index (χ0n) is 9.03. The fraction of sp³-hybridized carbons (Fsp3) is 0.500. The molecule has 82 valence electrons. The highest BCUT2D eigenvalue weighted by Gasteiger charge is 2.01. The van der Waals surface area contributed by atoms with Crippen molar-refractivity contribution in [2.75, 3.05) is 19.7 Å². The standard InChI is InChI=1S/C12H17NOS/c1-3-7-13-10-11(2)14-8-6-12-5-4-9-15-12/h1,4-5,9,11,13H,6-8,10H2,2H3. The van der Waals surface area contributed by atoms with Gasteiger partial charge in [-0.1, -0.05) is 12.0 Å². The summed E-state index contributed by atoms with van der Waals surface area (Å²) < 4.78 is 5.64. The molecule has 0 aliphatic carbocycles. The third-order valence-electron chi connectivity index (χ3n) is 1.99. The summed E-state index contributed by atoms with van der Waals surface area (Å²) in [6, 6.07) is 4.20. The maximum atomic E-state index is 5.64. The Labute approximate surface area is 95.7 Å². The number of terminal acetylenes is 1. The van der Waals surface area contributed by atoms with Gasteiger partial charge in [-0.2, -0.15) is 0 Å². The topological polar surface area (TPSA) is 21.3 Å². The van der Waals surface area contributed by atoms with Crippen molar-refractivity contribution in [3.8, 4) is 12.3 Å². The summed E-state index contributed by atoms with van der Waals surface area (Å²) in [6.45, 7) is 4.25. The second kappa shape index (κ2) is 7.47. The molecule has 0 fully saturated rings. The van der Waals surface area contributed by atoms with Crippen LogP contribution in [0, 0.1) is 12.3 Å². The Hall–Kier alpha value is -0.820. The third kappa shape index (κ3) is 5.58. The van der Waals surface area contributed by atoms with Crippen molar-refractivity contribution in [1.29, 1.82) is 0 Å². The van der Waals surface area contributed by atoms with E-state index in [0.29, 0.717) is 6.54 Å². The van der Waals surface area contributed by atoms with Crippen molar-refractivity contribution >= 4 is 11.3 Å². The Morgan fingerprint density at radius 3 is 3.20 bits per heavy atom. The largest absolute Gasteiger partial charge is 0.377 e. The highest BCUT2D eigenvalue weighted by atomic mass is 32.1. The molecule has 0 aromatic carbocycles. The SMILES string of the molecule is C#CCNCC(C)OCCc1cccs1. The molecule has 2 nitrogen and oxygen atoms in total. The van der Waals surface area contributed by atoms with Crippen molar-refractivity contribution in [2.45, 2.75) is 19.4 Å². The summed E-state index contributed by atoms with van der Waals surface area (Å²) in [7, 11) is 0. The van der Waals surface area contributed by atoms with Crippen LogP contribution in [0.5, 0.6) is 0 Å². The van der Waals surface area contributed by atoms with Crippen LogP contribution in [0.2, 0.25) is 0 Å². The van der Waals surface area contributed by atoms with Gasteiger partial charge in [0.15, 0.2) is 0 Å². The predicted octanol–water partition coefficient (Wildman–Crippen LogP) is 1.92. The van der Waals surface area contributed by atoms with Crippen LogP contribution in [0.3, 0.4) is 0 Å². The van der Waals surface area contributed by atoms with E-state index in [1.165, 1.54) is 4.88 Å². The lowest BCUT2D eigenvalue weighted by atomic mass is 10.3. The van der Waals surface area contributed by atoms with Crippen LogP contribution in [0.15, 0.2) is 17.5 Å². The Balaban J connectivity index is 2.02. The van der Waals surface area contributed by atoms with Gasteiger partial charge in [0.1, 0.15) is 0 Å². The average Bonchev–Trinajstić information content (AvgIpc) is 2.71. The molecular weight excluding hydrogens is 206 g/mol. The summed E-state index contributed by atoms with van der Waals surface area (Å²) in [5.41, 5.74) is 0. The number of ether oxygens (including phenoxy) is 1. The first kappa shape index (κ1) is 12.3. The molecule has 0 bridgehead atoms. The molecule has 3 heteroatoms. The van der Waals surface area contributed by atoms with Gasteiger partial charge in [-0.3, -0.25) is 0 Å². The minimum atomic E-state index is 0.221. The molecule has 1 unspecified atom stereocenters. The first-order valence-electron chi connectivity index (χ1n) is 5.11. The van der Waals surface area contributed by atoms with Crippen molar-refractivity contribution in [3.05, 3.63) is 22.4 Å². The lowest BCUT2D eigenvalue weighted by Gasteiger charge is -2.12. The van der Waals surface area contributed by atoms with Crippen LogP contribution >= 0.6 is 11.3 Å². The normalized spacial score (nSPS) is 12.3. The van der Waals surface area contributed by atoms with E-state index in [9.17, 15) is 0 Å². The molecule has 1 heterocycles. The average molecular weight is 223 g/mol. The molecule has 0 saturated carbocycles. The molecule has 1 N–H and O–H groups in total. The molecule has 15 heavy (non-hydrogen) atoms. The van der Waals surface area contributed by atoms with E-state index in [0.717, 1.165) is 19.6 Å². The van der Waals surface area contributed by atoms with Gasteiger partial charge in [0.2, 0.25) is 0 Å². The van der Waals surface area contributed by atoms with E-state index in [1.807, 2.05) is 0 Å². The Morgan fingerprint density at radius 2 is 2.53 bits per heavy atom. The fourth-order valence-corrected chi connectivity index (χ4v) is 1.91. The minimum absolute atomic E-state index is 0.221. The van der Waals surface area contributed by atoms with E-state index in [2.05, 4.69) is 35.7 Å². The summed E-state index contributed by atoms with van der Waals surface area (Å²) >= 11 is 1.77. The number of rotatable bonds is 7. The lowest BCUT2D eigenvalue weighted by molar-refractivity contribution is 0.0693. The van der Waals surface area contributed by atoms with Crippen LogP contribution < -0.4 is 5.32 Å². The Morgan fingerprint density at radius 1 is 1.67 bits per heavy atom. The Kier molecular flexibility index (Phi) is 6.10. The zero-order valence-corrected chi connectivity index (χ0v) is 9.85. The van der Waals surface area contributed by atoms with Crippen molar-refractivity contribution in [3.63, 3.8) is 0 Å². The van der Waals surface area contributed by atoms with Crippen LogP contribution in [0.1, 0.15) is 11.8 Å². The molecule has 0 saturated heterocycles. The summed E-state index contributed by atoms with van der Waals surface area (Å²) in [6.07, 6.45) is 6.34. The molecule has 1 aromatic heterocycles. The van der Waals surface area contributed by atoms with Gasteiger partial charge in [-0.05, 0) is 18.4 Å². The first-order valence-corrected chi connectivity index (χ1v) is 5.99. The summed E-state index contributed by atoms with van der Waals surface area (Å²) in [4.78, 5) is 1.37. The molecule has 1 aromatic rings. The minimum Gasteiger partial charge on any atom is -0.377 e. The molecule has 0 radical (unpaired) electrons. The van der Waals surface area contributed by atoms with Crippen molar-refractivity contribution in [1.82, 2.24) is 5.32 Å². The van der Waals surface area contributed by atoms with E-state index in [1.54, 1.807) is 11.3 Å². The van der Waals surface area contributed by atoms with Crippen molar-refractivity contribution in [2.24, 2.45) is 0 Å². The quantitative estimate of drug-likeness (QED) is 0.563. The van der Waals surface area contributed by atoms with Crippen LogP contribution in [-0.4, -0.2) is 25.8 Å². The molecule has 0 amide bonds. The highest BCUT2D eigenvalue weighted by Crippen LogP contribution is 2.09. The maximum Gasteiger partial charge on any atom is 0.0671 e. The van der Waals surface area contributed by atoms with Gasteiger partial charge in [0.25, 0.3) is 0 Å². The number of hydrogen-bond donors (Lipinski definition) is 1. The van der Waals surface area contributed by atoms with Crippen LogP contribution in [0.4, 0.5) is 0 Å². The van der Waals surface area contributed by atoms with E-state index < -0.39 is 0 Å². The van der Waals surface area contributed by atoms with Crippen LogP contribution in [0.25, 0.3) is 0 Å². The van der Waals surface area contributed by atoms with Crippen molar-refractivity contribution < 1.29 is 4.74 Å². The zero-order chi connectivity index (χ0) is 10.9. The predicted molar refractivity (Wildman–Crippen MR) is 65.1 cm³/mol. The van der Waals surface area contributed by atoms with E-state index in [4.69, 9.17) is 11.2 Å². The van der Waals surface area contributed by atoms with Gasteiger partial charge in [-0.25, -0.2) is 0 Å². The fourth-order valence-electron chi connectivity index (χ4n) is 1.22. The second-order valence-corrected chi connectivity index (χ2v) is 4.38. The summed E-state index contributed by atoms with van der Waals surface area (Å²) in [5, 5.41) is 5.21. The number of nitrogens with one attached hydrogen (secondary N) is 1. The van der Waals surface area contributed by atoms with Gasteiger partial charge < -0.3 is 10.1 Å². The van der Waals surface area contributed by atoms with Gasteiger partial charge in [0, 0.05) is 17.8 Å². The van der Waals surface area contributed by atoms with Crippen LogP contribution in [-0.2, 0) is 11.2 Å². The summed E-state index contributed by atoms with van der Waals surface area (Å²) in [5.74, 6) is 2.54. The van der Waals surface area contributed by atoms with Gasteiger partial charge in [-0.15, -0.1) is 17.8 Å². The molecule has 0 spiro atoms. The smallest absolute Gasteiger partial charge is 0.0671 e. The number of thiophene rings is 1. The van der Waals surface area contributed by atoms with Gasteiger partial charge in [0.05, 0.1) is 19.3 Å². The van der Waals surface area contributed by atoms with E-state index >= 15 is 0 Å². The molecule has 1 rings (SSSR count). The molecule has 0 aliphatic heterocycles. The van der Waals surface area contributed by atoms with Gasteiger partial charge >= 0.3 is 0 Å². The lowest BCUT2D eigenvalue weighted by Crippen LogP contribution is -2.27. The molecule has 1 atom stereocenters. The Bertz CT molecular complexity index is 289. The molecule has 0 aliphatic rings.